The first-order valence-corrected chi connectivity index (χ1v) is 10.7. The van der Waals surface area contributed by atoms with E-state index in [2.05, 4.69) is 10.3 Å². The van der Waals surface area contributed by atoms with Crippen LogP contribution in [0.2, 0.25) is 0 Å². The zero-order valence-corrected chi connectivity index (χ0v) is 18.5. The molecule has 3 amide bonds. The molecule has 1 N–H and O–H groups in total. The van der Waals surface area contributed by atoms with Gasteiger partial charge in [0.1, 0.15) is 11.4 Å². The Morgan fingerprint density at radius 2 is 2.00 bits per heavy atom. The summed E-state index contributed by atoms with van der Waals surface area (Å²) >= 11 is 1.29. The summed E-state index contributed by atoms with van der Waals surface area (Å²) in [6.07, 6.45) is 2.65. The minimum Gasteiger partial charge on any atom is -0.444 e. The molecular formula is C21H27FN4O3S. The van der Waals surface area contributed by atoms with Gasteiger partial charge in [-0.25, -0.2) is 19.0 Å². The first-order valence-electron chi connectivity index (χ1n) is 9.86. The molecule has 0 bridgehead atoms. The number of amides is 3. The van der Waals surface area contributed by atoms with Crippen molar-refractivity contribution in [2.75, 3.05) is 25.5 Å². The van der Waals surface area contributed by atoms with E-state index in [0.29, 0.717) is 31.1 Å². The third-order valence-electron chi connectivity index (χ3n) is 4.81. The summed E-state index contributed by atoms with van der Waals surface area (Å²) in [5, 5.41) is 3.26. The lowest BCUT2D eigenvalue weighted by atomic mass is 10.0. The minimum atomic E-state index is -0.525. The SMILES string of the molecule is CN(C(=O)Nc1ncc(-c2cccc(F)c2)s1)C1CCN(C(=O)OC(C)(C)C)CC1. The van der Waals surface area contributed by atoms with E-state index in [1.54, 1.807) is 35.2 Å². The number of carbonyl (C=O) groups excluding carboxylic acids is 2. The standard InChI is InChI=1S/C21H27FN4O3S/c1-21(2,3)29-20(28)26-10-8-16(9-11-26)25(4)19(27)24-18-23-13-17(30-18)14-6-5-7-15(22)12-14/h5-7,12-13,16H,8-11H2,1-4H3,(H,23,24,27). The summed E-state index contributed by atoms with van der Waals surface area (Å²) in [7, 11) is 1.74. The molecule has 0 saturated carbocycles. The van der Waals surface area contributed by atoms with Gasteiger partial charge in [-0.05, 0) is 51.3 Å². The Bertz CT molecular complexity index is 904. The minimum absolute atomic E-state index is 0.0198. The number of urea groups is 1. The van der Waals surface area contributed by atoms with Gasteiger partial charge in [0.25, 0.3) is 0 Å². The highest BCUT2D eigenvalue weighted by atomic mass is 32.1. The van der Waals surface area contributed by atoms with Crippen molar-refractivity contribution < 1.29 is 18.7 Å². The third-order valence-corrected chi connectivity index (χ3v) is 5.77. The van der Waals surface area contributed by atoms with Crippen LogP contribution in [-0.2, 0) is 4.74 Å². The topological polar surface area (TPSA) is 74.8 Å². The monoisotopic (exact) mass is 434 g/mol. The Balaban J connectivity index is 1.53. The lowest BCUT2D eigenvalue weighted by Crippen LogP contribution is -2.49. The third kappa shape index (κ3) is 5.69. The number of nitrogens with one attached hydrogen (secondary N) is 1. The molecule has 1 aromatic heterocycles. The molecule has 162 valence electrons. The summed E-state index contributed by atoms with van der Waals surface area (Å²) in [5.41, 5.74) is 0.193. The van der Waals surface area contributed by atoms with Gasteiger partial charge in [-0.15, -0.1) is 0 Å². The number of likely N-dealkylation sites (tertiary alicyclic amines) is 1. The molecule has 1 aromatic carbocycles. The molecule has 3 rings (SSSR count). The van der Waals surface area contributed by atoms with Crippen LogP contribution < -0.4 is 5.32 Å². The maximum absolute atomic E-state index is 13.4. The Labute approximate surface area is 179 Å². The zero-order valence-electron chi connectivity index (χ0n) is 17.6. The second kappa shape index (κ2) is 8.99. The van der Waals surface area contributed by atoms with Crippen molar-refractivity contribution in [1.29, 1.82) is 0 Å². The van der Waals surface area contributed by atoms with Gasteiger partial charge < -0.3 is 14.5 Å². The van der Waals surface area contributed by atoms with Crippen molar-refractivity contribution >= 4 is 28.6 Å². The number of rotatable bonds is 3. The second-order valence-electron chi connectivity index (χ2n) is 8.28. The molecule has 1 aliphatic heterocycles. The molecule has 0 spiro atoms. The normalized spacial score (nSPS) is 15.0. The maximum Gasteiger partial charge on any atom is 0.410 e. The van der Waals surface area contributed by atoms with Gasteiger partial charge in [-0.2, -0.15) is 0 Å². The number of aromatic nitrogens is 1. The van der Waals surface area contributed by atoms with Crippen molar-refractivity contribution in [3.05, 3.63) is 36.3 Å². The maximum atomic E-state index is 13.4. The number of hydrogen-bond donors (Lipinski definition) is 1. The van der Waals surface area contributed by atoms with Gasteiger partial charge >= 0.3 is 12.1 Å². The predicted octanol–water partition coefficient (Wildman–Crippen LogP) is 4.81. The van der Waals surface area contributed by atoms with E-state index in [-0.39, 0.29) is 24.0 Å². The zero-order chi connectivity index (χ0) is 21.9. The fraction of sp³-hybridized carbons (Fsp3) is 0.476. The quantitative estimate of drug-likeness (QED) is 0.752. The molecule has 0 aliphatic carbocycles. The fourth-order valence-corrected chi connectivity index (χ4v) is 4.02. The van der Waals surface area contributed by atoms with Crippen molar-refractivity contribution in [1.82, 2.24) is 14.8 Å². The van der Waals surface area contributed by atoms with E-state index >= 15 is 0 Å². The molecule has 1 fully saturated rings. The van der Waals surface area contributed by atoms with E-state index in [1.165, 1.54) is 23.5 Å². The number of thiazole rings is 1. The van der Waals surface area contributed by atoms with Crippen LogP contribution in [-0.4, -0.2) is 58.7 Å². The number of ether oxygens (including phenoxy) is 1. The number of piperidine rings is 1. The van der Waals surface area contributed by atoms with Crippen molar-refractivity contribution in [3.63, 3.8) is 0 Å². The summed E-state index contributed by atoms with van der Waals surface area (Å²) in [5.74, 6) is -0.316. The van der Waals surface area contributed by atoms with Crippen LogP contribution in [0.4, 0.5) is 19.1 Å². The molecule has 1 saturated heterocycles. The van der Waals surface area contributed by atoms with Gasteiger partial charge in [-0.1, -0.05) is 23.5 Å². The Morgan fingerprint density at radius 3 is 2.63 bits per heavy atom. The molecule has 0 atom stereocenters. The van der Waals surface area contributed by atoms with Crippen molar-refractivity contribution in [3.8, 4) is 10.4 Å². The van der Waals surface area contributed by atoms with Gasteiger partial charge in [0, 0.05) is 32.4 Å². The van der Waals surface area contributed by atoms with Gasteiger partial charge in [0.2, 0.25) is 0 Å². The average Bonchev–Trinajstić information content (AvgIpc) is 3.14. The van der Waals surface area contributed by atoms with E-state index in [4.69, 9.17) is 4.74 Å². The number of nitrogens with zero attached hydrogens (tertiary/aromatic N) is 3. The van der Waals surface area contributed by atoms with Crippen LogP contribution in [0, 0.1) is 5.82 Å². The van der Waals surface area contributed by atoms with Gasteiger partial charge in [0.05, 0.1) is 4.88 Å². The van der Waals surface area contributed by atoms with E-state index < -0.39 is 5.60 Å². The molecule has 1 aliphatic rings. The molecule has 9 heteroatoms. The molecule has 0 radical (unpaired) electrons. The van der Waals surface area contributed by atoms with Crippen LogP contribution in [0.15, 0.2) is 30.5 Å². The molecule has 30 heavy (non-hydrogen) atoms. The lowest BCUT2D eigenvalue weighted by molar-refractivity contribution is 0.0174. The van der Waals surface area contributed by atoms with Crippen LogP contribution in [0.1, 0.15) is 33.6 Å². The van der Waals surface area contributed by atoms with Gasteiger partial charge in [-0.3, -0.25) is 5.32 Å². The van der Waals surface area contributed by atoms with Crippen LogP contribution in [0.3, 0.4) is 0 Å². The first-order chi connectivity index (χ1) is 14.1. The number of halogens is 1. The molecule has 7 nitrogen and oxygen atoms in total. The van der Waals surface area contributed by atoms with Crippen LogP contribution in [0.25, 0.3) is 10.4 Å². The molecular weight excluding hydrogens is 407 g/mol. The van der Waals surface area contributed by atoms with Crippen LogP contribution in [0.5, 0.6) is 0 Å². The Morgan fingerprint density at radius 1 is 1.30 bits per heavy atom. The average molecular weight is 435 g/mol. The summed E-state index contributed by atoms with van der Waals surface area (Å²) in [6.45, 7) is 6.60. The van der Waals surface area contributed by atoms with Crippen LogP contribution >= 0.6 is 11.3 Å². The summed E-state index contributed by atoms with van der Waals surface area (Å²) in [4.78, 5) is 33.1. The number of benzene rings is 1. The predicted molar refractivity (Wildman–Crippen MR) is 115 cm³/mol. The summed E-state index contributed by atoms with van der Waals surface area (Å²) < 4.78 is 18.8. The van der Waals surface area contributed by atoms with E-state index in [9.17, 15) is 14.0 Å². The van der Waals surface area contributed by atoms with E-state index in [1.807, 2.05) is 20.8 Å². The molecule has 0 unspecified atom stereocenters. The Hall–Kier alpha value is -2.68. The lowest BCUT2D eigenvalue weighted by Gasteiger charge is -2.37. The van der Waals surface area contributed by atoms with E-state index in [0.717, 1.165) is 10.4 Å². The summed E-state index contributed by atoms with van der Waals surface area (Å²) in [6, 6.07) is 6.02. The molecule has 2 heterocycles. The second-order valence-corrected chi connectivity index (χ2v) is 9.31. The first kappa shape index (κ1) is 22.0. The number of anilines is 1. The van der Waals surface area contributed by atoms with Crippen molar-refractivity contribution in [2.45, 2.75) is 45.3 Å². The smallest absolute Gasteiger partial charge is 0.410 e. The number of carbonyl (C=O) groups is 2. The Kier molecular flexibility index (Phi) is 6.60. The fourth-order valence-electron chi connectivity index (χ4n) is 3.21. The molecule has 2 aromatic rings. The highest BCUT2D eigenvalue weighted by Gasteiger charge is 2.30. The van der Waals surface area contributed by atoms with Crippen molar-refractivity contribution in [2.24, 2.45) is 0 Å². The highest BCUT2D eigenvalue weighted by molar-refractivity contribution is 7.19. The van der Waals surface area contributed by atoms with Gasteiger partial charge in [0.15, 0.2) is 5.13 Å². The number of hydrogen-bond acceptors (Lipinski definition) is 5. The highest BCUT2D eigenvalue weighted by Crippen LogP contribution is 2.29. The largest absolute Gasteiger partial charge is 0.444 e.